The number of amides is 1. The lowest BCUT2D eigenvalue weighted by Gasteiger charge is -2.39. The fourth-order valence-electron chi connectivity index (χ4n) is 5.71. The van der Waals surface area contributed by atoms with Crippen molar-refractivity contribution in [3.8, 4) is 16.9 Å². The molecule has 0 N–H and O–H groups in total. The number of thioether (sulfide) groups is 1. The summed E-state index contributed by atoms with van der Waals surface area (Å²) >= 11 is 1.96. The third-order valence-electron chi connectivity index (χ3n) is 7.14. The molecule has 35 heavy (non-hydrogen) atoms. The van der Waals surface area contributed by atoms with Gasteiger partial charge in [0.1, 0.15) is 11.4 Å². The van der Waals surface area contributed by atoms with Crippen molar-refractivity contribution >= 4 is 23.5 Å². The van der Waals surface area contributed by atoms with E-state index in [1.807, 2.05) is 43.5 Å². The Morgan fingerprint density at radius 1 is 1.14 bits per heavy atom. The number of ether oxygens (including phenoxy) is 3. The minimum absolute atomic E-state index is 0.202. The molecule has 6 nitrogen and oxygen atoms in total. The molecule has 0 spiro atoms. The fraction of sp³-hybridized carbons (Fsp3) is 0.536. The van der Waals surface area contributed by atoms with Crippen molar-refractivity contribution < 1.29 is 19.0 Å². The topological polar surface area (TPSA) is 51.2 Å². The zero-order valence-electron chi connectivity index (χ0n) is 21.4. The Morgan fingerprint density at radius 3 is 2.71 bits per heavy atom. The van der Waals surface area contributed by atoms with Gasteiger partial charge in [-0.05, 0) is 85.9 Å². The van der Waals surface area contributed by atoms with Crippen molar-refractivity contribution in [2.45, 2.75) is 62.7 Å². The zero-order valence-corrected chi connectivity index (χ0v) is 22.2. The number of benzene rings is 2. The lowest BCUT2D eigenvalue weighted by Crippen LogP contribution is -2.49. The van der Waals surface area contributed by atoms with E-state index < -0.39 is 5.60 Å². The number of likely N-dealkylation sites (tertiary alicyclic amines) is 1. The quantitative estimate of drug-likeness (QED) is 0.524. The van der Waals surface area contributed by atoms with Crippen LogP contribution in [-0.4, -0.2) is 62.2 Å². The summed E-state index contributed by atoms with van der Waals surface area (Å²) in [6, 6.07) is 11.4. The van der Waals surface area contributed by atoms with Crippen molar-refractivity contribution in [1.29, 1.82) is 0 Å². The van der Waals surface area contributed by atoms with E-state index in [0.717, 1.165) is 36.6 Å². The van der Waals surface area contributed by atoms with Gasteiger partial charge in [-0.25, -0.2) is 4.79 Å². The maximum atomic E-state index is 12.9. The molecule has 1 saturated heterocycles. The number of hydrogen-bond acceptors (Lipinski definition) is 6. The number of methoxy groups -OCH3 is 2. The smallest absolute Gasteiger partial charge is 0.410 e. The molecule has 0 saturated carbocycles. The van der Waals surface area contributed by atoms with Crippen LogP contribution in [0.25, 0.3) is 11.1 Å². The Kier molecular flexibility index (Phi) is 6.66. The van der Waals surface area contributed by atoms with Crippen LogP contribution in [0.5, 0.6) is 5.75 Å². The number of piperidine rings is 1. The van der Waals surface area contributed by atoms with Crippen LogP contribution in [0.2, 0.25) is 0 Å². The van der Waals surface area contributed by atoms with Gasteiger partial charge < -0.3 is 24.0 Å². The molecule has 0 aliphatic carbocycles. The van der Waals surface area contributed by atoms with E-state index in [0.29, 0.717) is 19.2 Å². The van der Waals surface area contributed by atoms with E-state index in [-0.39, 0.29) is 12.0 Å². The Balaban J connectivity index is 1.55. The summed E-state index contributed by atoms with van der Waals surface area (Å²) in [6.45, 7) is 8.83. The van der Waals surface area contributed by atoms with Crippen LogP contribution in [0, 0.1) is 0 Å². The zero-order chi connectivity index (χ0) is 24.7. The van der Waals surface area contributed by atoms with Crippen LogP contribution in [0.1, 0.15) is 50.7 Å². The minimum Gasteiger partial charge on any atom is -0.497 e. The Labute approximate surface area is 212 Å². The van der Waals surface area contributed by atoms with E-state index in [1.165, 1.54) is 33.7 Å². The molecule has 5 rings (SSSR count). The first kappa shape index (κ1) is 24.3. The highest BCUT2D eigenvalue weighted by Crippen LogP contribution is 2.52. The Hall–Kier alpha value is -2.38. The predicted molar refractivity (Wildman–Crippen MR) is 141 cm³/mol. The van der Waals surface area contributed by atoms with Crippen LogP contribution < -0.4 is 9.64 Å². The van der Waals surface area contributed by atoms with Crippen molar-refractivity contribution in [2.75, 3.05) is 44.5 Å². The van der Waals surface area contributed by atoms with E-state index in [9.17, 15) is 4.79 Å². The Bertz CT molecular complexity index is 1110. The van der Waals surface area contributed by atoms with Gasteiger partial charge in [0.25, 0.3) is 0 Å². The minimum atomic E-state index is -0.489. The molecule has 0 unspecified atom stereocenters. The summed E-state index contributed by atoms with van der Waals surface area (Å²) in [5, 5.41) is 0. The van der Waals surface area contributed by atoms with Crippen molar-refractivity contribution in [3.63, 3.8) is 0 Å². The second-order valence-corrected chi connectivity index (χ2v) is 11.8. The van der Waals surface area contributed by atoms with Crippen molar-refractivity contribution in [2.24, 2.45) is 0 Å². The van der Waals surface area contributed by atoms with E-state index >= 15 is 0 Å². The molecule has 188 valence electrons. The van der Waals surface area contributed by atoms with Gasteiger partial charge in [0.05, 0.1) is 19.4 Å². The number of carbonyl (C=O) groups is 1. The molecule has 1 amide bonds. The van der Waals surface area contributed by atoms with Crippen molar-refractivity contribution in [3.05, 3.63) is 41.5 Å². The normalized spacial score (nSPS) is 21.3. The molecule has 7 heteroatoms. The van der Waals surface area contributed by atoms with Gasteiger partial charge in [0.15, 0.2) is 0 Å². The van der Waals surface area contributed by atoms with Gasteiger partial charge in [-0.3, -0.25) is 0 Å². The number of carbonyl (C=O) groups excluding carboxylic acids is 1. The summed E-state index contributed by atoms with van der Waals surface area (Å²) < 4.78 is 16.7. The first-order valence-corrected chi connectivity index (χ1v) is 13.5. The second-order valence-electron chi connectivity index (χ2n) is 10.7. The molecule has 0 aromatic heterocycles. The van der Waals surface area contributed by atoms with Crippen LogP contribution >= 0.6 is 11.8 Å². The van der Waals surface area contributed by atoms with E-state index in [2.05, 4.69) is 29.2 Å². The average molecular weight is 497 g/mol. The molecule has 0 radical (unpaired) electrons. The summed E-state index contributed by atoms with van der Waals surface area (Å²) in [7, 11) is 3.42. The van der Waals surface area contributed by atoms with Gasteiger partial charge in [-0.1, -0.05) is 6.07 Å². The number of anilines is 1. The molecule has 3 aliphatic rings. The highest BCUT2D eigenvalue weighted by atomic mass is 32.2. The average Bonchev–Trinajstić information content (AvgIpc) is 2.97. The first-order chi connectivity index (χ1) is 16.8. The predicted octanol–water partition coefficient (Wildman–Crippen LogP) is 5.92. The standard InChI is InChI=1S/C28H36N2O4S/c1-28(2,3)34-27(31)29-11-9-24-23(16-29)22-14-18(15-25-26(22)30(24)10-6-12-35-25)21-8-7-20(33-5)13-19(21)17-32-4/h7-8,13-15,23-24H,6,9-12,16-17H2,1-5H3/t23-,24-/m0/s1. The van der Waals surface area contributed by atoms with Crippen LogP contribution in [-0.2, 0) is 16.1 Å². The third kappa shape index (κ3) is 4.73. The summed E-state index contributed by atoms with van der Waals surface area (Å²) in [6.07, 6.45) is 1.94. The largest absolute Gasteiger partial charge is 0.497 e. The fourth-order valence-corrected chi connectivity index (χ4v) is 6.79. The lowest BCUT2D eigenvalue weighted by molar-refractivity contribution is 0.0189. The van der Waals surface area contributed by atoms with Crippen LogP contribution in [0.3, 0.4) is 0 Å². The summed E-state index contributed by atoms with van der Waals surface area (Å²) in [4.78, 5) is 18.8. The van der Waals surface area contributed by atoms with Crippen LogP contribution in [0.4, 0.5) is 10.5 Å². The monoisotopic (exact) mass is 496 g/mol. The van der Waals surface area contributed by atoms with Gasteiger partial charge in [-0.15, -0.1) is 11.8 Å². The SMILES string of the molecule is COCc1cc(OC)ccc1-c1cc2c3c(c1)[C@@H]1CN(C(=O)OC(C)(C)C)CC[C@@H]1N3CCCS2. The molecule has 3 aliphatic heterocycles. The maximum Gasteiger partial charge on any atom is 0.410 e. The lowest BCUT2D eigenvalue weighted by atomic mass is 9.87. The van der Waals surface area contributed by atoms with E-state index in [1.54, 1.807) is 14.2 Å². The molecule has 0 bridgehead atoms. The highest BCUT2D eigenvalue weighted by molar-refractivity contribution is 7.99. The first-order valence-electron chi connectivity index (χ1n) is 12.5. The van der Waals surface area contributed by atoms with Crippen LogP contribution in [0.15, 0.2) is 35.2 Å². The second kappa shape index (κ2) is 9.58. The summed E-state index contributed by atoms with van der Waals surface area (Å²) in [5.41, 5.74) is 5.76. The molecular weight excluding hydrogens is 460 g/mol. The molecular formula is C28H36N2O4S. The molecule has 2 aromatic carbocycles. The van der Waals surface area contributed by atoms with Gasteiger partial charge >= 0.3 is 6.09 Å². The number of hydrogen-bond donors (Lipinski definition) is 0. The van der Waals surface area contributed by atoms with Gasteiger partial charge in [0, 0.05) is 43.6 Å². The molecule has 2 atom stereocenters. The molecule has 3 heterocycles. The third-order valence-corrected chi connectivity index (χ3v) is 8.26. The molecule has 1 fully saturated rings. The van der Waals surface area contributed by atoms with E-state index in [4.69, 9.17) is 14.2 Å². The number of fused-ring (bicyclic) bond motifs is 3. The Morgan fingerprint density at radius 2 is 1.97 bits per heavy atom. The number of rotatable bonds is 4. The molecule has 2 aromatic rings. The highest BCUT2D eigenvalue weighted by Gasteiger charge is 2.45. The van der Waals surface area contributed by atoms with Gasteiger partial charge in [-0.2, -0.15) is 0 Å². The summed E-state index contributed by atoms with van der Waals surface area (Å²) in [5.74, 6) is 2.25. The maximum absolute atomic E-state index is 12.9. The van der Waals surface area contributed by atoms with Gasteiger partial charge in [0.2, 0.25) is 0 Å². The number of nitrogens with zero attached hydrogens (tertiary/aromatic N) is 2. The van der Waals surface area contributed by atoms with Crippen molar-refractivity contribution in [1.82, 2.24) is 4.90 Å².